The first-order valence-electron chi connectivity index (χ1n) is 5.63. The molecule has 1 aromatic carbocycles. The molecule has 1 aromatic heterocycles. The monoisotopic (exact) mass is 256 g/mol. The number of aryl methyl sites for hydroxylation is 1. The fourth-order valence-corrected chi connectivity index (χ4v) is 1.54. The zero-order valence-corrected chi connectivity index (χ0v) is 10.3. The van der Waals surface area contributed by atoms with E-state index >= 15 is 0 Å². The number of aromatic nitrogens is 1. The van der Waals surface area contributed by atoms with E-state index in [1.165, 1.54) is 12.3 Å². The summed E-state index contributed by atoms with van der Waals surface area (Å²) in [7, 11) is 0. The van der Waals surface area contributed by atoms with Crippen LogP contribution in [0.1, 0.15) is 21.6 Å². The van der Waals surface area contributed by atoms with E-state index in [1.54, 1.807) is 12.1 Å². The van der Waals surface area contributed by atoms with Gasteiger partial charge in [0.1, 0.15) is 12.9 Å². The average Bonchev–Trinajstić information content (AvgIpc) is 2.93. The molecule has 1 heterocycles. The van der Waals surface area contributed by atoms with E-state index in [0.717, 1.165) is 11.1 Å². The molecule has 0 fully saturated rings. The number of amides is 1. The van der Waals surface area contributed by atoms with E-state index in [0.29, 0.717) is 5.69 Å². The van der Waals surface area contributed by atoms with Gasteiger partial charge in [0.15, 0.2) is 5.69 Å². The van der Waals surface area contributed by atoms with Crippen molar-refractivity contribution in [2.45, 2.75) is 6.92 Å². The van der Waals surface area contributed by atoms with E-state index in [9.17, 15) is 4.79 Å². The van der Waals surface area contributed by atoms with Crippen molar-refractivity contribution in [3.8, 4) is 11.8 Å². The zero-order valence-electron chi connectivity index (χ0n) is 10.3. The molecule has 19 heavy (non-hydrogen) atoms. The van der Waals surface area contributed by atoms with Crippen molar-refractivity contribution in [2.75, 3.05) is 11.9 Å². The molecule has 0 atom stereocenters. The molecule has 0 saturated heterocycles. The summed E-state index contributed by atoms with van der Waals surface area (Å²) in [6.07, 6.45) is 1.34. The van der Waals surface area contributed by atoms with E-state index in [-0.39, 0.29) is 18.2 Å². The Morgan fingerprint density at radius 1 is 1.47 bits per heavy atom. The Morgan fingerprint density at radius 2 is 2.32 bits per heavy atom. The lowest BCUT2D eigenvalue weighted by atomic mass is 10.1. The van der Waals surface area contributed by atoms with Gasteiger partial charge in [-0.25, -0.2) is 0 Å². The fraction of sp³-hybridized carbons (Fsp3) is 0.143. The van der Waals surface area contributed by atoms with Gasteiger partial charge in [0, 0.05) is 17.3 Å². The highest BCUT2D eigenvalue weighted by molar-refractivity contribution is 6.03. The third kappa shape index (κ3) is 3.21. The maximum absolute atomic E-state index is 11.8. The number of rotatable bonds is 2. The number of carbonyl (C=O) groups is 1. The highest BCUT2D eigenvalue weighted by atomic mass is 16.5. The van der Waals surface area contributed by atoms with Crippen LogP contribution in [0.15, 0.2) is 35.1 Å². The van der Waals surface area contributed by atoms with Crippen LogP contribution in [0.3, 0.4) is 0 Å². The second-order valence-corrected chi connectivity index (χ2v) is 3.83. The number of aliphatic hydroxyl groups excluding tert-OH is 1. The van der Waals surface area contributed by atoms with Gasteiger partial charge >= 0.3 is 0 Å². The SMILES string of the molecule is Cc1cc(C#CCO)ccc1NC(=O)c1ccon1. The van der Waals surface area contributed by atoms with Crippen LogP contribution in [0, 0.1) is 18.8 Å². The summed E-state index contributed by atoms with van der Waals surface area (Å²) >= 11 is 0. The molecular weight excluding hydrogens is 244 g/mol. The second-order valence-electron chi connectivity index (χ2n) is 3.83. The predicted molar refractivity (Wildman–Crippen MR) is 69.6 cm³/mol. The molecule has 0 aliphatic heterocycles. The number of benzene rings is 1. The summed E-state index contributed by atoms with van der Waals surface area (Å²) < 4.78 is 4.61. The molecule has 2 rings (SSSR count). The summed E-state index contributed by atoms with van der Waals surface area (Å²) in [4.78, 5) is 11.8. The largest absolute Gasteiger partial charge is 0.384 e. The van der Waals surface area contributed by atoms with Crippen molar-refractivity contribution >= 4 is 11.6 Å². The number of nitrogens with one attached hydrogen (secondary N) is 1. The minimum absolute atomic E-state index is 0.177. The summed E-state index contributed by atoms with van der Waals surface area (Å²) in [6, 6.07) is 6.86. The lowest BCUT2D eigenvalue weighted by molar-refractivity contribution is 0.101. The van der Waals surface area contributed by atoms with Crippen LogP contribution in [0.5, 0.6) is 0 Å². The van der Waals surface area contributed by atoms with Gasteiger partial charge in [-0.05, 0) is 30.7 Å². The van der Waals surface area contributed by atoms with Crippen molar-refractivity contribution < 1.29 is 14.4 Å². The van der Waals surface area contributed by atoms with Gasteiger partial charge < -0.3 is 14.9 Å². The van der Waals surface area contributed by atoms with Gasteiger partial charge in [-0.3, -0.25) is 4.79 Å². The lowest BCUT2D eigenvalue weighted by Gasteiger charge is -2.07. The third-order valence-electron chi connectivity index (χ3n) is 2.46. The Bertz CT molecular complexity index is 636. The molecule has 5 heteroatoms. The molecule has 0 saturated carbocycles. The van der Waals surface area contributed by atoms with Crippen molar-refractivity contribution in [2.24, 2.45) is 0 Å². The van der Waals surface area contributed by atoms with Crippen molar-refractivity contribution in [3.05, 3.63) is 47.3 Å². The molecule has 0 aliphatic carbocycles. The van der Waals surface area contributed by atoms with E-state index in [1.807, 2.05) is 13.0 Å². The zero-order chi connectivity index (χ0) is 13.7. The second kappa shape index (κ2) is 5.85. The Labute approximate surface area is 110 Å². The van der Waals surface area contributed by atoms with Crippen LogP contribution in [0.2, 0.25) is 0 Å². The first-order chi connectivity index (χ1) is 9.20. The maximum atomic E-state index is 11.8. The minimum atomic E-state index is -0.328. The first-order valence-corrected chi connectivity index (χ1v) is 5.63. The van der Waals surface area contributed by atoms with E-state index in [4.69, 9.17) is 5.11 Å². The van der Waals surface area contributed by atoms with E-state index < -0.39 is 0 Å². The van der Waals surface area contributed by atoms with Crippen LogP contribution in [-0.4, -0.2) is 22.8 Å². The number of carbonyl (C=O) groups excluding carboxylic acids is 1. The predicted octanol–water partition coefficient (Wildman–Crippen LogP) is 1.58. The summed E-state index contributed by atoms with van der Waals surface area (Å²) in [5, 5.41) is 14.9. The number of aliphatic hydroxyl groups is 1. The van der Waals surface area contributed by atoms with Crippen LogP contribution >= 0.6 is 0 Å². The molecule has 1 amide bonds. The topological polar surface area (TPSA) is 75.4 Å². The minimum Gasteiger partial charge on any atom is -0.384 e. The Morgan fingerprint density at radius 3 is 2.95 bits per heavy atom. The Kier molecular flexibility index (Phi) is 3.96. The number of anilines is 1. The average molecular weight is 256 g/mol. The van der Waals surface area contributed by atoms with Crippen molar-refractivity contribution in [1.82, 2.24) is 5.16 Å². The molecule has 5 nitrogen and oxygen atoms in total. The van der Waals surface area contributed by atoms with Gasteiger partial charge in [0.05, 0.1) is 0 Å². The number of hydrogen-bond acceptors (Lipinski definition) is 4. The molecule has 96 valence electrons. The van der Waals surface area contributed by atoms with E-state index in [2.05, 4.69) is 26.8 Å². The molecule has 0 radical (unpaired) electrons. The van der Waals surface area contributed by atoms with Crippen LogP contribution in [0.4, 0.5) is 5.69 Å². The summed E-state index contributed by atoms with van der Waals surface area (Å²) in [5.74, 6) is 5.05. The molecule has 0 unspecified atom stereocenters. The lowest BCUT2D eigenvalue weighted by Crippen LogP contribution is -2.13. The smallest absolute Gasteiger partial charge is 0.277 e. The molecule has 0 aliphatic rings. The Balaban J connectivity index is 2.15. The van der Waals surface area contributed by atoms with Gasteiger partial charge in [0.2, 0.25) is 0 Å². The molecular formula is C14H12N2O3. The van der Waals surface area contributed by atoms with Crippen LogP contribution in [-0.2, 0) is 0 Å². The fourth-order valence-electron chi connectivity index (χ4n) is 1.54. The van der Waals surface area contributed by atoms with Gasteiger partial charge in [-0.1, -0.05) is 17.0 Å². The van der Waals surface area contributed by atoms with Gasteiger partial charge in [0.25, 0.3) is 5.91 Å². The molecule has 0 bridgehead atoms. The summed E-state index contributed by atoms with van der Waals surface area (Å²) in [5.41, 5.74) is 2.57. The van der Waals surface area contributed by atoms with Crippen molar-refractivity contribution in [1.29, 1.82) is 0 Å². The number of nitrogens with zero attached hydrogens (tertiary/aromatic N) is 1. The van der Waals surface area contributed by atoms with Crippen LogP contribution in [0.25, 0.3) is 0 Å². The maximum Gasteiger partial charge on any atom is 0.277 e. The third-order valence-corrected chi connectivity index (χ3v) is 2.46. The van der Waals surface area contributed by atoms with Crippen LogP contribution < -0.4 is 5.32 Å². The van der Waals surface area contributed by atoms with Gasteiger partial charge in [-0.2, -0.15) is 0 Å². The van der Waals surface area contributed by atoms with Gasteiger partial charge in [-0.15, -0.1) is 0 Å². The molecule has 0 spiro atoms. The quantitative estimate of drug-likeness (QED) is 0.800. The first kappa shape index (κ1) is 12.9. The highest BCUT2D eigenvalue weighted by Gasteiger charge is 2.10. The molecule has 2 N–H and O–H groups in total. The highest BCUT2D eigenvalue weighted by Crippen LogP contribution is 2.16. The standard InChI is InChI=1S/C14H12N2O3/c1-10-9-11(3-2-7-17)4-5-12(10)15-14(18)13-6-8-19-16-13/h4-6,8-9,17H,7H2,1H3,(H,15,18). The van der Waals surface area contributed by atoms with Crippen molar-refractivity contribution in [3.63, 3.8) is 0 Å². The normalized spacial score (nSPS) is 9.58. The summed E-state index contributed by atoms with van der Waals surface area (Å²) in [6.45, 7) is 1.69. The Hall–Kier alpha value is -2.58. The molecule has 2 aromatic rings. The number of hydrogen-bond donors (Lipinski definition) is 2.